The average molecular weight is 381 g/mol. The Morgan fingerprint density at radius 1 is 0.862 bits per heavy atom. The molecule has 0 fully saturated rings. The Morgan fingerprint density at radius 3 is 1.90 bits per heavy atom. The van der Waals surface area contributed by atoms with E-state index in [0.29, 0.717) is 0 Å². The molecule has 1 N–H and O–H groups in total. The van der Waals surface area contributed by atoms with Crippen molar-refractivity contribution in [1.82, 2.24) is 4.57 Å². The van der Waals surface area contributed by atoms with Crippen molar-refractivity contribution >= 4 is 21.8 Å². The van der Waals surface area contributed by atoms with E-state index in [1.807, 2.05) is 48.5 Å². The average Bonchev–Trinajstić information content (AvgIpc) is 3.10. The topological polar surface area (TPSA) is 43.6 Å². The molecule has 4 heteroatoms. The van der Waals surface area contributed by atoms with Crippen molar-refractivity contribution in [3.05, 3.63) is 66.2 Å². The van der Waals surface area contributed by atoms with Crippen LogP contribution in [0.2, 0.25) is 0 Å². The van der Waals surface area contributed by atoms with Crippen LogP contribution >= 0.6 is 0 Å². The smallest absolute Gasteiger partial charge is 0.176 e. The lowest BCUT2D eigenvalue weighted by Crippen LogP contribution is -1.97. The third kappa shape index (κ3) is 3.38. The summed E-state index contributed by atoms with van der Waals surface area (Å²) in [6.07, 6.45) is 4.09. The van der Waals surface area contributed by atoms with Gasteiger partial charge < -0.3 is 19.1 Å². The molecule has 1 heterocycles. The van der Waals surface area contributed by atoms with E-state index in [-0.39, 0.29) is 0 Å². The molecule has 1 atom stereocenters. The maximum atomic E-state index is 9.41. The third-order valence-corrected chi connectivity index (χ3v) is 4.82. The zero-order valence-electron chi connectivity index (χ0n) is 16.1. The van der Waals surface area contributed by atoms with E-state index in [2.05, 4.69) is 34.5 Å². The Hall–Kier alpha value is -3.86. The van der Waals surface area contributed by atoms with Crippen molar-refractivity contribution in [2.75, 3.05) is 14.2 Å². The monoisotopic (exact) mass is 381 g/mol. The summed E-state index contributed by atoms with van der Waals surface area (Å²) in [5, 5.41) is 11.6. The number of hydrogen-bond acceptors (Lipinski definition) is 3. The molecule has 3 aromatic carbocycles. The van der Waals surface area contributed by atoms with E-state index in [9.17, 15) is 5.11 Å². The zero-order chi connectivity index (χ0) is 20.4. The van der Waals surface area contributed by atoms with E-state index < -0.39 is 6.10 Å². The van der Waals surface area contributed by atoms with Gasteiger partial charge in [-0.3, -0.25) is 0 Å². The van der Waals surface area contributed by atoms with E-state index in [1.165, 1.54) is 0 Å². The van der Waals surface area contributed by atoms with Gasteiger partial charge >= 0.3 is 0 Å². The molecule has 0 aliphatic heterocycles. The summed E-state index contributed by atoms with van der Waals surface area (Å²) in [5.41, 5.74) is 3.92. The lowest BCUT2D eigenvalue weighted by molar-refractivity contribution is 0.290. The Labute approximate surface area is 169 Å². The van der Waals surface area contributed by atoms with E-state index in [4.69, 9.17) is 15.9 Å². The predicted molar refractivity (Wildman–Crippen MR) is 116 cm³/mol. The first-order valence-corrected chi connectivity index (χ1v) is 9.07. The standard InChI is InChI=1S/C25H19NO3/c1-4-19(27)10-7-17-5-8-18(9-6-17)26-24-13-11-20(28-2)15-22(24)23-16-21(29-3)12-14-25(23)26/h1,5-6,8-9,11-16,19,27H,2-3H3. The third-order valence-electron chi connectivity index (χ3n) is 4.82. The van der Waals surface area contributed by atoms with Gasteiger partial charge in [0.1, 0.15) is 11.5 Å². The van der Waals surface area contributed by atoms with Gasteiger partial charge in [-0.25, -0.2) is 0 Å². The van der Waals surface area contributed by atoms with Crippen molar-refractivity contribution < 1.29 is 14.6 Å². The Kier molecular flexibility index (Phi) is 4.87. The molecule has 4 nitrogen and oxygen atoms in total. The van der Waals surface area contributed by atoms with Crippen molar-refractivity contribution in [2.24, 2.45) is 0 Å². The lowest BCUT2D eigenvalue weighted by atomic mass is 10.1. The highest BCUT2D eigenvalue weighted by Crippen LogP contribution is 2.36. The number of aliphatic hydroxyl groups is 1. The number of benzene rings is 3. The fraction of sp³-hybridized carbons (Fsp3) is 0.120. The largest absolute Gasteiger partial charge is 0.497 e. The highest BCUT2D eigenvalue weighted by Gasteiger charge is 2.14. The Balaban J connectivity index is 1.90. The minimum atomic E-state index is -1.06. The summed E-state index contributed by atoms with van der Waals surface area (Å²) in [7, 11) is 3.33. The van der Waals surface area contributed by atoms with Crippen LogP contribution in [0.3, 0.4) is 0 Å². The molecule has 0 saturated carbocycles. The summed E-state index contributed by atoms with van der Waals surface area (Å²) in [6.45, 7) is 0. The van der Waals surface area contributed by atoms with Crippen LogP contribution in [0, 0.1) is 24.2 Å². The number of methoxy groups -OCH3 is 2. The second-order valence-electron chi connectivity index (χ2n) is 6.49. The minimum absolute atomic E-state index is 0.784. The van der Waals surface area contributed by atoms with E-state index in [1.54, 1.807) is 14.2 Å². The molecule has 0 bridgehead atoms. The summed E-state index contributed by atoms with van der Waals surface area (Å²) < 4.78 is 13.0. The van der Waals surface area contributed by atoms with Crippen LogP contribution in [0.5, 0.6) is 11.5 Å². The van der Waals surface area contributed by atoms with E-state index in [0.717, 1.165) is 44.6 Å². The van der Waals surface area contributed by atoms with Gasteiger partial charge in [0.15, 0.2) is 6.10 Å². The van der Waals surface area contributed by atoms with Crippen LogP contribution in [0.15, 0.2) is 60.7 Å². The fourth-order valence-electron chi connectivity index (χ4n) is 3.40. The zero-order valence-corrected chi connectivity index (χ0v) is 16.1. The fourth-order valence-corrected chi connectivity index (χ4v) is 3.40. The highest BCUT2D eigenvalue weighted by molar-refractivity contribution is 6.10. The predicted octanol–water partition coefficient (Wildman–Crippen LogP) is 4.15. The molecule has 0 aliphatic carbocycles. The van der Waals surface area contributed by atoms with Crippen molar-refractivity contribution in [3.63, 3.8) is 0 Å². The maximum absolute atomic E-state index is 9.41. The number of aliphatic hydroxyl groups excluding tert-OH is 1. The molecule has 0 radical (unpaired) electrons. The van der Waals surface area contributed by atoms with Gasteiger partial charge in [-0.05, 0) is 60.7 Å². The van der Waals surface area contributed by atoms with Gasteiger partial charge in [0, 0.05) is 22.0 Å². The minimum Gasteiger partial charge on any atom is -0.497 e. The highest BCUT2D eigenvalue weighted by atomic mass is 16.5. The quantitative estimate of drug-likeness (QED) is 0.542. The van der Waals surface area contributed by atoms with Gasteiger partial charge in [0.2, 0.25) is 0 Å². The summed E-state index contributed by atoms with van der Waals surface area (Å²) >= 11 is 0. The summed E-state index contributed by atoms with van der Waals surface area (Å²) in [5.74, 6) is 9.30. The molecule has 29 heavy (non-hydrogen) atoms. The SMILES string of the molecule is C#CC(O)C#Cc1ccc(-n2c3ccc(OC)cc3c3cc(OC)ccc32)cc1. The number of terminal acetylenes is 1. The number of fused-ring (bicyclic) bond motifs is 3. The van der Waals surface area contributed by atoms with Crippen LogP contribution in [0.1, 0.15) is 5.56 Å². The second kappa shape index (κ2) is 7.64. The van der Waals surface area contributed by atoms with Crippen LogP contribution < -0.4 is 9.47 Å². The van der Waals surface area contributed by atoms with Crippen molar-refractivity contribution in [2.45, 2.75) is 6.10 Å². The Morgan fingerprint density at radius 2 is 1.41 bits per heavy atom. The van der Waals surface area contributed by atoms with Gasteiger partial charge in [0.05, 0.1) is 25.3 Å². The number of ether oxygens (including phenoxy) is 2. The summed E-state index contributed by atoms with van der Waals surface area (Å²) in [4.78, 5) is 0. The lowest BCUT2D eigenvalue weighted by Gasteiger charge is -2.08. The first-order valence-electron chi connectivity index (χ1n) is 9.07. The number of hydrogen-bond donors (Lipinski definition) is 1. The van der Waals surface area contributed by atoms with Crippen LogP contribution in [0.25, 0.3) is 27.5 Å². The van der Waals surface area contributed by atoms with Crippen LogP contribution in [-0.4, -0.2) is 30.0 Å². The van der Waals surface area contributed by atoms with E-state index >= 15 is 0 Å². The molecular weight excluding hydrogens is 362 g/mol. The van der Waals surface area contributed by atoms with Crippen molar-refractivity contribution in [1.29, 1.82) is 0 Å². The van der Waals surface area contributed by atoms with Gasteiger partial charge in [-0.2, -0.15) is 0 Å². The number of rotatable bonds is 3. The molecule has 1 unspecified atom stereocenters. The molecule has 0 amide bonds. The second-order valence-corrected chi connectivity index (χ2v) is 6.49. The molecule has 1 aromatic heterocycles. The number of aromatic nitrogens is 1. The molecule has 4 aromatic rings. The summed E-state index contributed by atoms with van der Waals surface area (Å²) in [6, 6.07) is 19.9. The van der Waals surface area contributed by atoms with Gasteiger partial charge in [-0.1, -0.05) is 17.8 Å². The first kappa shape index (κ1) is 18.5. The van der Waals surface area contributed by atoms with Gasteiger partial charge in [-0.15, -0.1) is 6.42 Å². The van der Waals surface area contributed by atoms with Gasteiger partial charge in [0.25, 0.3) is 0 Å². The molecule has 142 valence electrons. The molecule has 0 spiro atoms. The maximum Gasteiger partial charge on any atom is 0.176 e. The van der Waals surface area contributed by atoms with Crippen LogP contribution in [0.4, 0.5) is 0 Å². The molecule has 0 saturated heterocycles. The Bertz CT molecular complexity index is 1240. The molecular formula is C25H19NO3. The molecule has 4 rings (SSSR count). The number of nitrogens with zero attached hydrogens (tertiary/aromatic N) is 1. The van der Waals surface area contributed by atoms with Crippen LogP contribution in [-0.2, 0) is 0 Å². The normalized spacial score (nSPS) is 11.5. The van der Waals surface area contributed by atoms with Crippen molar-refractivity contribution in [3.8, 4) is 41.4 Å². The molecule has 0 aliphatic rings. The first-order chi connectivity index (χ1) is 14.1.